The van der Waals surface area contributed by atoms with Crippen molar-refractivity contribution in [2.75, 3.05) is 19.4 Å². The Kier molecular flexibility index (Phi) is 5.14. The second kappa shape index (κ2) is 7.97. The third kappa shape index (κ3) is 3.68. The zero-order chi connectivity index (χ0) is 21.5. The van der Waals surface area contributed by atoms with E-state index in [1.54, 1.807) is 0 Å². The van der Waals surface area contributed by atoms with Gasteiger partial charge in [-0.15, -0.1) is 0 Å². The molecule has 0 fully saturated rings. The number of aromatic nitrogens is 2. The number of rotatable bonds is 5. The molecule has 2 aliphatic rings. The van der Waals surface area contributed by atoms with Crippen molar-refractivity contribution in [1.82, 2.24) is 14.7 Å². The Morgan fingerprint density at radius 1 is 1.10 bits per heavy atom. The van der Waals surface area contributed by atoms with Gasteiger partial charge in [-0.25, -0.2) is 4.68 Å². The first-order valence-corrected chi connectivity index (χ1v) is 11.3. The molecular weight excluding hydrogens is 384 g/mol. The summed E-state index contributed by atoms with van der Waals surface area (Å²) in [5, 5.41) is 7.92. The maximum absolute atomic E-state index is 13.7. The number of nitrogens with zero attached hydrogens (tertiary/aromatic N) is 3. The van der Waals surface area contributed by atoms with Crippen LogP contribution in [0.5, 0.6) is 0 Å². The average molecular weight is 415 g/mol. The fourth-order valence-electron chi connectivity index (χ4n) is 5.22. The summed E-state index contributed by atoms with van der Waals surface area (Å²) >= 11 is 0. The smallest absolute Gasteiger partial charge is 0.258 e. The number of benzene rings is 2. The average Bonchev–Trinajstić information content (AvgIpc) is 3.47. The predicted octanol–water partition coefficient (Wildman–Crippen LogP) is 4.47. The van der Waals surface area contributed by atoms with Crippen LogP contribution in [0.2, 0.25) is 0 Å². The zero-order valence-electron chi connectivity index (χ0n) is 18.7. The molecular formula is C26H30N4O. The van der Waals surface area contributed by atoms with Crippen LogP contribution in [-0.2, 0) is 32.2 Å². The summed E-state index contributed by atoms with van der Waals surface area (Å²) in [5.74, 6) is -0.0350. The highest BCUT2D eigenvalue weighted by Crippen LogP contribution is 2.39. The summed E-state index contributed by atoms with van der Waals surface area (Å²) in [5.41, 5.74) is 10.3. The van der Waals surface area contributed by atoms with E-state index in [2.05, 4.69) is 21.4 Å². The molecule has 0 aliphatic heterocycles. The van der Waals surface area contributed by atoms with Gasteiger partial charge in [-0.1, -0.05) is 18.2 Å². The first kappa shape index (κ1) is 20.0. The molecule has 5 heteroatoms. The molecule has 1 N–H and O–H groups in total. The van der Waals surface area contributed by atoms with Gasteiger partial charge in [0.15, 0.2) is 0 Å². The lowest BCUT2D eigenvalue weighted by molar-refractivity contribution is 0.102. The molecule has 0 spiro atoms. The SMILES string of the molecule is Cc1cccc(-n2cc(CN(C)C)cn2)c1C(=O)Nc1c2c(cc3c1CCC3)CCC2. The summed E-state index contributed by atoms with van der Waals surface area (Å²) in [6.45, 7) is 2.82. The van der Waals surface area contributed by atoms with E-state index in [9.17, 15) is 4.79 Å². The Morgan fingerprint density at radius 3 is 2.48 bits per heavy atom. The standard InChI is InChI=1S/C26H30N4O/c1-17-7-4-12-23(30-16-18(14-27-30)15-29(2)3)24(17)26(31)28-25-21-10-5-8-19(21)13-20-9-6-11-22(20)25/h4,7,12-14,16H,5-6,8-11,15H2,1-3H3,(H,28,31). The number of hydrogen-bond acceptors (Lipinski definition) is 3. The van der Waals surface area contributed by atoms with Crippen molar-refractivity contribution in [2.24, 2.45) is 0 Å². The van der Waals surface area contributed by atoms with Crippen molar-refractivity contribution in [2.45, 2.75) is 52.0 Å². The highest BCUT2D eigenvalue weighted by Gasteiger charge is 2.26. The van der Waals surface area contributed by atoms with Crippen molar-refractivity contribution < 1.29 is 4.79 Å². The number of carbonyl (C=O) groups is 1. The largest absolute Gasteiger partial charge is 0.321 e. The third-order valence-corrected chi connectivity index (χ3v) is 6.57. The van der Waals surface area contributed by atoms with E-state index in [4.69, 9.17) is 0 Å². The second-order valence-corrected chi connectivity index (χ2v) is 9.19. The molecule has 0 bridgehead atoms. The van der Waals surface area contributed by atoms with Crippen molar-refractivity contribution in [3.63, 3.8) is 0 Å². The molecule has 0 unspecified atom stereocenters. The molecule has 0 atom stereocenters. The Hall–Kier alpha value is -2.92. The van der Waals surface area contributed by atoms with Crippen LogP contribution < -0.4 is 5.32 Å². The van der Waals surface area contributed by atoms with E-state index in [1.165, 1.54) is 35.1 Å². The molecule has 1 amide bonds. The Labute approximate surface area is 184 Å². The molecule has 5 nitrogen and oxygen atoms in total. The van der Waals surface area contributed by atoms with E-state index in [1.807, 2.05) is 56.3 Å². The van der Waals surface area contributed by atoms with Gasteiger partial charge in [0.05, 0.1) is 17.4 Å². The van der Waals surface area contributed by atoms with Crippen LogP contribution in [0.15, 0.2) is 36.7 Å². The number of hydrogen-bond donors (Lipinski definition) is 1. The first-order valence-electron chi connectivity index (χ1n) is 11.3. The van der Waals surface area contributed by atoms with Gasteiger partial charge in [-0.3, -0.25) is 4.79 Å². The van der Waals surface area contributed by atoms with Gasteiger partial charge in [-0.05, 0) is 93.4 Å². The second-order valence-electron chi connectivity index (χ2n) is 9.19. The number of amides is 1. The molecule has 2 aliphatic carbocycles. The predicted molar refractivity (Wildman–Crippen MR) is 124 cm³/mol. The lowest BCUT2D eigenvalue weighted by atomic mass is 9.98. The van der Waals surface area contributed by atoms with Crippen LogP contribution in [-0.4, -0.2) is 34.7 Å². The highest BCUT2D eigenvalue weighted by atomic mass is 16.1. The van der Waals surface area contributed by atoms with E-state index in [0.29, 0.717) is 5.56 Å². The van der Waals surface area contributed by atoms with Crippen LogP contribution in [0.25, 0.3) is 5.69 Å². The Balaban J connectivity index is 1.53. The van der Waals surface area contributed by atoms with Gasteiger partial charge in [0.25, 0.3) is 5.91 Å². The quantitative estimate of drug-likeness (QED) is 0.670. The number of nitrogens with one attached hydrogen (secondary N) is 1. The van der Waals surface area contributed by atoms with Crippen LogP contribution in [0.1, 0.15) is 56.6 Å². The summed E-state index contributed by atoms with van der Waals surface area (Å²) in [4.78, 5) is 15.8. The third-order valence-electron chi connectivity index (χ3n) is 6.57. The van der Waals surface area contributed by atoms with Crippen LogP contribution in [0.3, 0.4) is 0 Å². The van der Waals surface area contributed by atoms with Gasteiger partial charge in [0.2, 0.25) is 0 Å². The number of carbonyl (C=O) groups excluding carboxylic acids is 1. The van der Waals surface area contributed by atoms with E-state index >= 15 is 0 Å². The molecule has 1 aromatic heterocycles. The fourth-order valence-corrected chi connectivity index (χ4v) is 5.22. The maximum Gasteiger partial charge on any atom is 0.258 e. The molecule has 0 saturated heterocycles. The molecule has 1 heterocycles. The monoisotopic (exact) mass is 414 g/mol. The minimum Gasteiger partial charge on any atom is -0.321 e. The topological polar surface area (TPSA) is 50.2 Å². The summed E-state index contributed by atoms with van der Waals surface area (Å²) in [7, 11) is 4.08. The molecule has 0 saturated carbocycles. The van der Waals surface area contributed by atoms with Gasteiger partial charge in [0.1, 0.15) is 0 Å². The molecule has 31 heavy (non-hydrogen) atoms. The van der Waals surface area contributed by atoms with Crippen molar-refractivity contribution >= 4 is 11.6 Å². The van der Waals surface area contributed by atoms with Crippen molar-refractivity contribution in [1.29, 1.82) is 0 Å². The minimum absolute atomic E-state index is 0.0350. The highest BCUT2D eigenvalue weighted by molar-refractivity contribution is 6.08. The first-order chi connectivity index (χ1) is 15.0. The van der Waals surface area contributed by atoms with Crippen LogP contribution >= 0.6 is 0 Å². The molecule has 0 radical (unpaired) electrons. The summed E-state index contributed by atoms with van der Waals surface area (Å²) < 4.78 is 1.83. The van der Waals surface area contributed by atoms with E-state index in [0.717, 1.165) is 54.7 Å². The number of anilines is 1. The molecule has 5 rings (SSSR count). The van der Waals surface area contributed by atoms with Gasteiger partial charge in [-0.2, -0.15) is 5.10 Å². The summed E-state index contributed by atoms with van der Waals surface area (Å²) in [6, 6.07) is 8.37. The lowest BCUT2D eigenvalue weighted by Gasteiger charge is -2.18. The Bertz CT molecular complexity index is 1130. The normalized spacial score (nSPS) is 14.7. The lowest BCUT2D eigenvalue weighted by Crippen LogP contribution is -2.19. The minimum atomic E-state index is -0.0350. The maximum atomic E-state index is 13.7. The number of aryl methyl sites for hydroxylation is 3. The fraction of sp³-hybridized carbons (Fsp3) is 0.385. The van der Waals surface area contributed by atoms with Crippen LogP contribution in [0, 0.1) is 6.92 Å². The molecule has 160 valence electrons. The Morgan fingerprint density at radius 2 is 1.81 bits per heavy atom. The number of fused-ring (bicyclic) bond motifs is 2. The van der Waals surface area contributed by atoms with Crippen molar-refractivity contribution in [3.8, 4) is 5.69 Å². The van der Waals surface area contributed by atoms with Gasteiger partial charge >= 0.3 is 0 Å². The van der Waals surface area contributed by atoms with E-state index < -0.39 is 0 Å². The van der Waals surface area contributed by atoms with E-state index in [-0.39, 0.29) is 5.91 Å². The molecule has 3 aromatic rings. The molecule has 2 aromatic carbocycles. The van der Waals surface area contributed by atoms with Crippen molar-refractivity contribution in [3.05, 3.63) is 75.6 Å². The zero-order valence-corrected chi connectivity index (χ0v) is 18.7. The summed E-state index contributed by atoms with van der Waals surface area (Å²) in [6.07, 6.45) is 10.6. The van der Waals surface area contributed by atoms with Gasteiger partial charge < -0.3 is 10.2 Å². The van der Waals surface area contributed by atoms with Crippen LogP contribution in [0.4, 0.5) is 5.69 Å². The van der Waals surface area contributed by atoms with Gasteiger partial charge in [0, 0.05) is 24.0 Å².